The van der Waals surface area contributed by atoms with Gasteiger partial charge in [0.15, 0.2) is 0 Å². The monoisotopic (exact) mass is 474 g/mol. The number of carbonyl (C=O) groups excluding carboxylic acids is 2. The van der Waals surface area contributed by atoms with Crippen molar-refractivity contribution >= 4 is 29.1 Å². The van der Waals surface area contributed by atoms with Gasteiger partial charge in [-0.15, -0.1) is 0 Å². The molecule has 2 N–H and O–H groups in total. The van der Waals surface area contributed by atoms with Gasteiger partial charge in [-0.25, -0.2) is 4.39 Å². The number of morpholine rings is 1. The largest absolute Gasteiger partial charge is 0.507 e. The molecule has 0 radical (unpaired) electrons. The second kappa shape index (κ2) is 9.91. The zero-order valence-electron chi connectivity index (χ0n) is 17.8. The van der Waals surface area contributed by atoms with Crippen LogP contribution in [0.1, 0.15) is 23.6 Å². The molecule has 0 bridgehead atoms. The van der Waals surface area contributed by atoms with Crippen molar-refractivity contribution in [2.24, 2.45) is 0 Å². The van der Waals surface area contributed by atoms with Gasteiger partial charge >= 0.3 is 0 Å². The predicted molar refractivity (Wildman–Crippen MR) is 120 cm³/mol. The van der Waals surface area contributed by atoms with Crippen LogP contribution in [0.5, 0.6) is 5.75 Å². The lowest BCUT2D eigenvalue weighted by Gasteiger charge is -2.29. The van der Waals surface area contributed by atoms with Crippen molar-refractivity contribution in [2.45, 2.75) is 12.5 Å². The van der Waals surface area contributed by atoms with Crippen LogP contribution < -0.4 is 0 Å². The van der Waals surface area contributed by atoms with Crippen molar-refractivity contribution in [3.8, 4) is 5.75 Å². The average molecular weight is 475 g/mol. The highest BCUT2D eigenvalue weighted by atomic mass is 35.5. The van der Waals surface area contributed by atoms with Crippen molar-refractivity contribution in [3.05, 3.63) is 70.0 Å². The Morgan fingerprint density at radius 1 is 1.12 bits per heavy atom. The Morgan fingerprint density at radius 2 is 1.88 bits per heavy atom. The fraction of sp³-hybridized carbons (Fsp3) is 0.333. The molecule has 2 aromatic carbocycles. The second-order valence-electron chi connectivity index (χ2n) is 8.02. The zero-order chi connectivity index (χ0) is 23.5. The Hall–Kier alpha value is -2.94. The van der Waals surface area contributed by atoms with Gasteiger partial charge in [0.05, 0.1) is 30.4 Å². The van der Waals surface area contributed by atoms with Crippen LogP contribution in [0.2, 0.25) is 5.02 Å². The van der Waals surface area contributed by atoms with E-state index in [4.69, 9.17) is 16.3 Å². The molecule has 4 rings (SSSR count). The number of hydrogen-bond acceptors (Lipinski definition) is 6. The number of aliphatic hydroxyl groups is 1. The second-order valence-corrected chi connectivity index (χ2v) is 8.45. The quantitative estimate of drug-likeness (QED) is 0.379. The van der Waals surface area contributed by atoms with Gasteiger partial charge in [-0.3, -0.25) is 14.5 Å². The summed E-state index contributed by atoms with van der Waals surface area (Å²) in [4.78, 5) is 29.5. The number of Topliss-reactive ketones (excluding diaryl/α,β-unsaturated/α-hetero) is 1. The van der Waals surface area contributed by atoms with E-state index in [0.717, 1.165) is 13.1 Å². The number of phenolic OH excluding ortho intramolecular Hbond substituents is 1. The van der Waals surface area contributed by atoms with Crippen molar-refractivity contribution < 1.29 is 28.9 Å². The van der Waals surface area contributed by atoms with Crippen LogP contribution in [0.25, 0.3) is 5.76 Å². The van der Waals surface area contributed by atoms with E-state index < -0.39 is 29.3 Å². The van der Waals surface area contributed by atoms with Crippen molar-refractivity contribution in [1.82, 2.24) is 9.80 Å². The summed E-state index contributed by atoms with van der Waals surface area (Å²) in [6, 6.07) is 8.60. The van der Waals surface area contributed by atoms with Crippen LogP contribution >= 0.6 is 11.6 Å². The molecular weight excluding hydrogens is 451 g/mol. The highest BCUT2D eigenvalue weighted by Crippen LogP contribution is 2.41. The van der Waals surface area contributed by atoms with Crippen molar-refractivity contribution in [3.63, 3.8) is 0 Å². The van der Waals surface area contributed by atoms with Crippen LogP contribution in [0.3, 0.4) is 0 Å². The van der Waals surface area contributed by atoms with Gasteiger partial charge < -0.3 is 19.8 Å². The average Bonchev–Trinajstić information content (AvgIpc) is 3.06. The van der Waals surface area contributed by atoms with Crippen LogP contribution in [0.15, 0.2) is 48.0 Å². The highest BCUT2D eigenvalue weighted by molar-refractivity contribution is 6.46. The fourth-order valence-corrected chi connectivity index (χ4v) is 4.44. The molecule has 0 aliphatic carbocycles. The molecule has 2 saturated heterocycles. The SMILES string of the molecule is O=C1C(=O)N(CCCN2CCOCC2)C(c2cccc(F)c2)C1=C(O)c1cc(Cl)ccc1O. The lowest BCUT2D eigenvalue weighted by atomic mass is 9.95. The first-order chi connectivity index (χ1) is 15.9. The molecule has 7 nitrogen and oxygen atoms in total. The first-order valence-electron chi connectivity index (χ1n) is 10.7. The number of likely N-dealkylation sites (tertiary alicyclic amines) is 1. The van der Waals surface area contributed by atoms with Crippen LogP contribution in [0, 0.1) is 5.82 Å². The summed E-state index contributed by atoms with van der Waals surface area (Å²) in [5.74, 6) is -3.06. The molecule has 1 atom stereocenters. The van der Waals surface area contributed by atoms with E-state index in [9.17, 15) is 24.2 Å². The minimum Gasteiger partial charge on any atom is -0.507 e. The zero-order valence-corrected chi connectivity index (χ0v) is 18.6. The number of aromatic hydroxyl groups is 1. The maximum Gasteiger partial charge on any atom is 0.295 e. The minimum atomic E-state index is -0.997. The number of phenols is 1. The lowest BCUT2D eigenvalue weighted by molar-refractivity contribution is -0.140. The molecule has 0 saturated carbocycles. The third-order valence-electron chi connectivity index (χ3n) is 5.90. The van der Waals surface area contributed by atoms with E-state index in [1.165, 1.54) is 41.3 Å². The van der Waals surface area contributed by atoms with Gasteiger partial charge in [0, 0.05) is 31.2 Å². The summed E-state index contributed by atoms with van der Waals surface area (Å²) < 4.78 is 19.4. The topological polar surface area (TPSA) is 90.3 Å². The van der Waals surface area contributed by atoms with E-state index >= 15 is 0 Å². The number of ether oxygens (including phenoxy) is 1. The molecule has 174 valence electrons. The minimum absolute atomic E-state index is 0.0739. The fourth-order valence-electron chi connectivity index (χ4n) is 4.27. The summed E-state index contributed by atoms with van der Waals surface area (Å²) >= 11 is 6.01. The van der Waals surface area contributed by atoms with E-state index in [2.05, 4.69) is 4.90 Å². The molecule has 2 heterocycles. The van der Waals surface area contributed by atoms with Gasteiger partial charge in [-0.05, 0) is 42.3 Å². The Labute approximate surface area is 195 Å². The first-order valence-corrected chi connectivity index (χ1v) is 11.1. The molecule has 2 aliphatic rings. The molecule has 2 aromatic rings. The number of halogens is 2. The third kappa shape index (κ3) is 4.88. The number of benzene rings is 2. The first kappa shape index (κ1) is 23.2. The molecule has 9 heteroatoms. The number of nitrogens with zero attached hydrogens (tertiary/aromatic N) is 2. The smallest absolute Gasteiger partial charge is 0.295 e. The number of aliphatic hydroxyl groups excluding tert-OH is 1. The lowest BCUT2D eigenvalue weighted by Crippen LogP contribution is -2.39. The standard InChI is InChI=1S/C24H24ClFN2O5/c25-16-5-6-19(29)18(14-16)22(30)20-21(15-3-1-4-17(26)13-15)28(24(32)23(20)31)8-2-7-27-9-11-33-12-10-27/h1,3-6,13-14,21,29-30H,2,7-12H2. The van der Waals surface area contributed by atoms with E-state index in [0.29, 0.717) is 31.7 Å². The molecule has 33 heavy (non-hydrogen) atoms. The van der Waals surface area contributed by atoms with Gasteiger partial charge in [-0.1, -0.05) is 23.7 Å². The van der Waals surface area contributed by atoms with Crippen molar-refractivity contribution in [1.29, 1.82) is 0 Å². The van der Waals surface area contributed by atoms with E-state index in [1.807, 2.05) is 0 Å². The number of carbonyl (C=O) groups is 2. The highest BCUT2D eigenvalue weighted by Gasteiger charge is 2.46. The molecule has 0 spiro atoms. The molecular formula is C24H24ClFN2O5. The van der Waals surface area contributed by atoms with Crippen LogP contribution in [-0.2, 0) is 14.3 Å². The number of hydrogen-bond donors (Lipinski definition) is 2. The van der Waals surface area contributed by atoms with E-state index in [1.54, 1.807) is 6.07 Å². The molecule has 2 aliphatic heterocycles. The van der Waals surface area contributed by atoms with Gasteiger partial charge in [0.1, 0.15) is 17.3 Å². The molecule has 1 amide bonds. The molecule has 1 unspecified atom stereocenters. The summed E-state index contributed by atoms with van der Waals surface area (Å²) in [5.41, 5.74) is 0.0633. The Balaban J connectivity index is 1.71. The number of rotatable bonds is 6. The number of ketones is 1. The Morgan fingerprint density at radius 3 is 2.61 bits per heavy atom. The van der Waals surface area contributed by atoms with E-state index in [-0.39, 0.29) is 28.5 Å². The normalized spacial score (nSPS) is 21.0. The van der Waals surface area contributed by atoms with Crippen molar-refractivity contribution in [2.75, 3.05) is 39.4 Å². The van der Waals surface area contributed by atoms with Gasteiger partial charge in [0.25, 0.3) is 11.7 Å². The molecule has 2 fully saturated rings. The predicted octanol–water partition coefficient (Wildman–Crippen LogP) is 3.33. The molecule has 0 aromatic heterocycles. The van der Waals surface area contributed by atoms with Gasteiger partial charge in [0.2, 0.25) is 0 Å². The van der Waals surface area contributed by atoms with Gasteiger partial charge in [-0.2, -0.15) is 0 Å². The summed E-state index contributed by atoms with van der Waals surface area (Å²) in [6.45, 7) is 3.83. The third-order valence-corrected chi connectivity index (χ3v) is 6.13. The summed E-state index contributed by atoms with van der Waals surface area (Å²) in [7, 11) is 0. The summed E-state index contributed by atoms with van der Waals surface area (Å²) in [6.07, 6.45) is 0.585. The Bertz CT molecular complexity index is 1100. The summed E-state index contributed by atoms with van der Waals surface area (Å²) in [5, 5.41) is 21.5. The maximum absolute atomic E-state index is 14.1. The maximum atomic E-state index is 14.1. The Kier molecular flexibility index (Phi) is 6.97. The van der Waals surface area contributed by atoms with Crippen LogP contribution in [0.4, 0.5) is 4.39 Å². The number of amides is 1. The van der Waals surface area contributed by atoms with Crippen LogP contribution in [-0.4, -0.2) is 71.1 Å².